The third-order valence-corrected chi connectivity index (χ3v) is 7.66. The number of methoxy groups -OCH3 is 1. The Bertz CT molecular complexity index is 1390. The number of nitrogens with one attached hydrogen (secondary N) is 1. The van der Waals surface area contributed by atoms with Crippen molar-refractivity contribution in [1.29, 1.82) is 0 Å². The van der Waals surface area contributed by atoms with Gasteiger partial charge in [-0.3, -0.25) is 9.59 Å². The van der Waals surface area contributed by atoms with Gasteiger partial charge in [-0.1, -0.05) is 31.0 Å². The monoisotopic (exact) mass is 548 g/mol. The molecule has 2 amide bonds. The maximum Gasteiger partial charge on any atom is 0.248 e. The lowest BCUT2D eigenvalue weighted by molar-refractivity contribution is -0.142. The van der Waals surface area contributed by atoms with Crippen LogP contribution in [0.2, 0.25) is 0 Å². The predicted octanol–water partition coefficient (Wildman–Crippen LogP) is 4.38. The van der Waals surface area contributed by atoms with Gasteiger partial charge in [0.1, 0.15) is 24.2 Å². The van der Waals surface area contributed by atoms with Crippen LogP contribution in [-0.2, 0) is 22.7 Å². The molecular formula is C28H29FN6O3S. The lowest BCUT2D eigenvalue weighted by Gasteiger charge is -2.31. The summed E-state index contributed by atoms with van der Waals surface area (Å²) in [5, 5.41) is 17.6. The Morgan fingerprint density at radius 2 is 1.87 bits per heavy atom. The van der Waals surface area contributed by atoms with Crippen LogP contribution in [0.15, 0.2) is 66.0 Å². The van der Waals surface area contributed by atoms with Crippen LogP contribution in [0.4, 0.5) is 4.39 Å². The molecular weight excluding hydrogens is 519 g/mol. The summed E-state index contributed by atoms with van der Waals surface area (Å²) in [6.07, 6.45) is 3.99. The first kappa shape index (κ1) is 26.5. The molecule has 0 radical (unpaired) electrons. The number of tetrazole rings is 1. The lowest BCUT2D eigenvalue weighted by atomic mass is 10.1. The zero-order valence-corrected chi connectivity index (χ0v) is 22.3. The van der Waals surface area contributed by atoms with E-state index in [9.17, 15) is 14.0 Å². The number of amides is 2. The van der Waals surface area contributed by atoms with Crippen molar-refractivity contribution in [1.82, 2.24) is 30.4 Å². The molecule has 9 nitrogen and oxygen atoms in total. The Morgan fingerprint density at radius 1 is 1.13 bits per heavy atom. The third-order valence-electron chi connectivity index (χ3n) is 6.74. The number of carbonyl (C=O) groups is 2. The standard InChI is InChI=1S/C28H29FN6O3S/c1-38-23-14-10-20(11-15-23)27-31-33-35(32-27)18-25(36)34(17-19-8-12-21(29)13-9-19)26(24-7-4-16-39-24)28(37)30-22-5-2-3-6-22/h4,7-16,22,26H,2-3,5-6,17-18H2,1H3,(H,30,37). The summed E-state index contributed by atoms with van der Waals surface area (Å²) >= 11 is 1.41. The molecule has 1 saturated carbocycles. The van der Waals surface area contributed by atoms with Crippen LogP contribution in [0.3, 0.4) is 0 Å². The van der Waals surface area contributed by atoms with E-state index in [4.69, 9.17) is 4.74 Å². The van der Waals surface area contributed by atoms with Gasteiger partial charge in [-0.2, -0.15) is 4.80 Å². The Kier molecular flexibility index (Phi) is 8.26. The zero-order valence-electron chi connectivity index (χ0n) is 21.5. The van der Waals surface area contributed by atoms with Gasteiger partial charge >= 0.3 is 0 Å². The number of thiophene rings is 1. The van der Waals surface area contributed by atoms with E-state index in [1.807, 2.05) is 29.6 Å². The van der Waals surface area contributed by atoms with Crippen LogP contribution in [-0.4, -0.2) is 50.1 Å². The molecule has 0 aliphatic heterocycles. The zero-order chi connectivity index (χ0) is 27.2. The number of halogens is 1. The predicted molar refractivity (Wildman–Crippen MR) is 144 cm³/mol. The van der Waals surface area contributed by atoms with E-state index >= 15 is 0 Å². The molecule has 11 heteroatoms. The molecule has 2 aromatic heterocycles. The molecule has 39 heavy (non-hydrogen) atoms. The lowest BCUT2D eigenvalue weighted by Crippen LogP contribution is -2.46. The minimum atomic E-state index is -0.854. The molecule has 1 unspecified atom stereocenters. The molecule has 0 saturated heterocycles. The minimum Gasteiger partial charge on any atom is -0.497 e. The molecule has 0 spiro atoms. The Hall–Kier alpha value is -4.12. The third kappa shape index (κ3) is 6.48. The van der Waals surface area contributed by atoms with Crippen LogP contribution in [0.5, 0.6) is 5.75 Å². The van der Waals surface area contributed by atoms with Crippen LogP contribution < -0.4 is 10.1 Å². The van der Waals surface area contributed by atoms with E-state index in [-0.39, 0.29) is 36.8 Å². The molecule has 2 heterocycles. The van der Waals surface area contributed by atoms with Crippen molar-refractivity contribution in [3.63, 3.8) is 0 Å². The van der Waals surface area contributed by atoms with Crippen molar-refractivity contribution in [3.05, 3.63) is 82.3 Å². The van der Waals surface area contributed by atoms with Crippen LogP contribution in [0.25, 0.3) is 11.4 Å². The van der Waals surface area contributed by atoms with Crippen molar-refractivity contribution in [2.45, 2.75) is 50.9 Å². The van der Waals surface area contributed by atoms with Crippen molar-refractivity contribution < 1.29 is 18.7 Å². The SMILES string of the molecule is COc1ccc(-c2nnn(CC(=O)N(Cc3ccc(F)cc3)C(C(=O)NC3CCCC3)c3cccs3)n2)cc1. The molecule has 1 N–H and O–H groups in total. The second-order valence-corrected chi connectivity index (χ2v) is 10.4. The summed E-state index contributed by atoms with van der Waals surface area (Å²) in [4.78, 5) is 31.0. The average Bonchev–Trinajstić information content (AvgIpc) is 3.74. The number of hydrogen-bond donors (Lipinski definition) is 1. The van der Waals surface area contributed by atoms with E-state index in [0.717, 1.165) is 36.1 Å². The van der Waals surface area contributed by atoms with Crippen molar-refractivity contribution in [2.24, 2.45) is 0 Å². The maximum absolute atomic E-state index is 13.8. The topological polar surface area (TPSA) is 102 Å². The fraction of sp³-hybridized carbons (Fsp3) is 0.321. The highest BCUT2D eigenvalue weighted by molar-refractivity contribution is 7.10. The molecule has 2 aromatic carbocycles. The van der Waals surface area contributed by atoms with Gasteiger partial charge in [0.25, 0.3) is 0 Å². The van der Waals surface area contributed by atoms with E-state index in [1.54, 1.807) is 31.4 Å². The van der Waals surface area contributed by atoms with Gasteiger partial charge in [0.2, 0.25) is 17.6 Å². The fourth-order valence-electron chi connectivity index (χ4n) is 4.71. The molecule has 1 fully saturated rings. The van der Waals surface area contributed by atoms with Crippen molar-refractivity contribution >= 4 is 23.2 Å². The Morgan fingerprint density at radius 3 is 2.54 bits per heavy atom. The molecule has 0 bridgehead atoms. The molecule has 1 atom stereocenters. The average molecular weight is 549 g/mol. The highest BCUT2D eigenvalue weighted by Crippen LogP contribution is 2.29. The van der Waals surface area contributed by atoms with Gasteiger partial charge < -0.3 is 15.0 Å². The van der Waals surface area contributed by atoms with Gasteiger partial charge in [0, 0.05) is 23.0 Å². The largest absolute Gasteiger partial charge is 0.497 e. The number of hydrogen-bond acceptors (Lipinski definition) is 7. The number of nitrogens with zero attached hydrogens (tertiary/aromatic N) is 5. The first-order valence-corrected chi connectivity index (χ1v) is 13.7. The number of rotatable bonds is 10. The van der Waals surface area contributed by atoms with Crippen LogP contribution in [0, 0.1) is 5.82 Å². The van der Waals surface area contributed by atoms with Gasteiger partial charge in [0.05, 0.1) is 7.11 Å². The Labute approximate surface area is 229 Å². The maximum atomic E-state index is 13.8. The van der Waals surface area contributed by atoms with Crippen molar-refractivity contribution in [3.8, 4) is 17.1 Å². The van der Waals surface area contributed by atoms with Crippen molar-refractivity contribution in [2.75, 3.05) is 7.11 Å². The molecule has 1 aliphatic carbocycles. The normalized spacial score (nSPS) is 14.2. The number of ether oxygens (including phenoxy) is 1. The van der Waals surface area contributed by atoms with Gasteiger partial charge in [-0.15, -0.1) is 21.5 Å². The summed E-state index contributed by atoms with van der Waals surface area (Å²) in [6.45, 7) is -0.108. The fourth-order valence-corrected chi connectivity index (χ4v) is 5.54. The first-order chi connectivity index (χ1) is 19.0. The molecule has 1 aliphatic rings. The first-order valence-electron chi connectivity index (χ1n) is 12.8. The van der Waals surface area contributed by atoms with E-state index < -0.39 is 6.04 Å². The molecule has 5 rings (SSSR count). The smallest absolute Gasteiger partial charge is 0.248 e. The van der Waals surface area contributed by atoms with Gasteiger partial charge in [0.15, 0.2) is 0 Å². The highest BCUT2D eigenvalue weighted by atomic mass is 32.1. The number of aromatic nitrogens is 4. The van der Waals surface area contributed by atoms with Crippen LogP contribution in [0.1, 0.15) is 42.2 Å². The van der Waals surface area contributed by atoms with E-state index in [0.29, 0.717) is 17.1 Å². The second kappa shape index (κ2) is 12.2. The van der Waals surface area contributed by atoms with E-state index in [2.05, 4.69) is 20.7 Å². The number of benzene rings is 2. The summed E-state index contributed by atoms with van der Waals surface area (Å²) in [5.41, 5.74) is 1.43. The molecule has 202 valence electrons. The minimum absolute atomic E-state index is 0.0896. The summed E-state index contributed by atoms with van der Waals surface area (Å²) in [6, 6.07) is 16.1. The quantitative estimate of drug-likeness (QED) is 0.316. The van der Waals surface area contributed by atoms with Gasteiger partial charge in [-0.05, 0) is 71.5 Å². The summed E-state index contributed by atoms with van der Waals surface area (Å²) < 4.78 is 18.8. The summed E-state index contributed by atoms with van der Waals surface area (Å²) in [7, 11) is 1.59. The highest BCUT2D eigenvalue weighted by Gasteiger charge is 2.34. The molecule has 4 aromatic rings. The van der Waals surface area contributed by atoms with E-state index in [1.165, 1.54) is 33.2 Å². The number of carbonyl (C=O) groups excluding carboxylic acids is 2. The second-order valence-electron chi connectivity index (χ2n) is 9.43. The Balaban J connectivity index is 1.42. The van der Waals surface area contributed by atoms with Gasteiger partial charge in [-0.25, -0.2) is 4.39 Å². The summed E-state index contributed by atoms with van der Waals surface area (Å²) in [5.74, 6) is 0.101. The van der Waals surface area contributed by atoms with Crippen LogP contribution >= 0.6 is 11.3 Å².